The fourth-order valence-electron chi connectivity index (χ4n) is 4.09. The molecule has 0 bridgehead atoms. The van der Waals surface area contributed by atoms with Crippen LogP contribution >= 0.6 is 0 Å². The fraction of sp³-hybridized carbons (Fsp3) is 0.333. The first-order chi connectivity index (χ1) is 14.9. The maximum absolute atomic E-state index is 13.1. The molecule has 0 unspecified atom stereocenters. The first-order valence-corrected chi connectivity index (χ1v) is 11.4. The minimum atomic E-state index is -3.89. The van der Waals surface area contributed by atoms with E-state index < -0.39 is 14.9 Å². The Balaban J connectivity index is 1.73. The van der Waals surface area contributed by atoms with Gasteiger partial charge < -0.3 is 5.32 Å². The van der Waals surface area contributed by atoms with E-state index in [4.69, 9.17) is 5.26 Å². The van der Waals surface area contributed by atoms with E-state index in [2.05, 4.69) is 16.4 Å². The van der Waals surface area contributed by atoms with E-state index in [9.17, 15) is 18.5 Å². The Kier molecular flexibility index (Phi) is 5.61. The molecule has 0 radical (unpaired) electrons. The van der Waals surface area contributed by atoms with Gasteiger partial charge in [0.25, 0.3) is 10.0 Å². The highest BCUT2D eigenvalue weighted by Crippen LogP contribution is 2.36. The largest absolute Gasteiger partial charge is 0.376 e. The molecule has 4 rings (SSSR count). The van der Waals surface area contributed by atoms with Crippen LogP contribution < -0.4 is 5.32 Å². The van der Waals surface area contributed by atoms with Crippen molar-refractivity contribution in [1.82, 2.24) is 8.96 Å². The molecule has 0 spiro atoms. The van der Waals surface area contributed by atoms with Gasteiger partial charge in [-0.3, -0.25) is 10.1 Å². The maximum atomic E-state index is 13.1. The van der Waals surface area contributed by atoms with Gasteiger partial charge in [-0.2, -0.15) is 5.26 Å². The average Bonchev–Trinajstić information content (AvgIpc) is 3.21. The van der Waals surface area contributed by atoms with Crippen molar-refractivity contribution in [2.75, 3.05) is 5.32 Å². The van der Waals surface area contributed by atoms with Crippen LogP contribution in [0.5, 0.6) is 0 Å². The molecule has 1 aliphatic carbocycles. The van der Waals surface area contributed by atoms with E-state index in [0.29, 0.717) is 17.7 Å². The number of benzene rings is 1. The number of nitro groups is 1. The molecule has 160 valence electrons. The highest BCUT2D eigenvalue weighted by atomic mass is 32.2. The second-order valence-electron chi connectivity index (χ2n) is 7.67. The Labute approximate surface area is 179 Å². The standard InChI is InChI=1S/C21H21N5O4S/c22-12-10-15-6-8-16(9-7-15)24-20-18-11-13-25(21(18)23-14-19(20)26(27)28)31(29,30)17-4-2-1-3-5-17/h1-5,11,13-16H,6-10H2,(H,23,24). The van der Waals surface area contributed by atoms with Crippen LogP contribution in [0.4, 0.5) is 11.4 Å². The van der Waals surface area contributed by atoms with Crippen LogP contribution in [-0.4, -0.2) is 28.3 Å². The number of nitriles is 1. The van der Waals surface area contributed by atoms with Gasteiger partial charge in [-0.25, -0.2) is 17.4 Å². The van der Waals surface area contributed by atoms with E-state index in [0.717, 1.165) is 35.9 Å². The summed E-state index contributed by atoms with van der Waals surface area (Å²) >= 11 is 0. The normalized spacial score (nSPS) is 19.1. The monoisotopic (exact) mass is 439 g/mol. The number of pyridine rings is 1. The van der Waals surface area contributed by atoms with Crippen LogP contribution in [0.15, 0.2) is 53.7 Å². The van der Waals surface area contributed by atoms with Gasteiger partial charge >= 0.3 is 5.69 Å². The number of aromatic nitrogens is 2. The third kappa shape index (κ3) is 3.96. The van der Waals surface area contributed by atoms with Crippen LogP contribution in [0.25, 0.3) is 11.0 Å². The number of hydrogen-bond acceptors (Lipinski definition) is 7. The van der Waals surface area contributed by atoms with Crippen molar-refractivity contribution in [3.05, 3.63) is 58.9 Å². The third-order valence-corrected chi connectivity index (χ3v) is 7.41. The summed E-state index contributed by atoms with van der Waals surface area (Å²) in [7, 11) is -3.89. The average molecular weight is 439 g/mol. The van der Waals surface area contributed by atoms with E-state index >= 15 is 0 Å². The molecule has 1 fully saturated rings. The molecule has 2 heterocycles. The first-order valence-electron chi connectivity index (χ1n) is 10.0. The Morgan fingerprint density at radius 2 is 1.90 bits per heavy atom. The molecule has 0 amide bonds. The summed E-state index contributed by atoms with van der Waals surface area (Å²) in [6, 6.07) is 11.7. The maximum Gasteiger partial charge on any atom is 0.311 e. The molecule has 10 heteroatoms. The molecule has 0 saturated heterocycles. The molecule has 1 N–H and O–H groups in total. The van der Waals surface area contributed by atoms with Crippen LogP contribution in [0.3, 0.4) is 0 Å². The van der Waals surface area contributed by atoms with Gasteiger partial charge in [0.15, 0.2) is 5.65 Å². The van der Waals surface area contributed by atoms with Crippen molar-refractivity contribution < 1.29 is 13.3 Å². The van der Waals surface area contributed by atoms with Crippen LogP contribution in [0.2, 0.25) is 0 Å². The summed E-state index contributed by atoms with van der Waals surface area (Å²) in [5.74, 6) is 0.354. The summed E-state index contributed by atoms with van der Waals surface area (Å²) in [5.41, 5.74) is 0.220. The molecule has 1 aromatic carbocycles. The van der Waals surface area contributed by atoms with E-state index in [-0.39, 0.29) is 28.0 Å². The van der Waals surface area contributed by atoms with Gasteiger partial charge in [0.2, 0.25) is 0 Å². The lowest BCUT2D eigenvalue weighted by Gasteiger charge is -2.28. The summed E-state index contributed by atoms with van der Waals surface area (Å²) in [6.07, 6.45) is 6.31. The minimum Gasteiger partial charge on any atom is -0.376 e. The van der Waals surface area contributed by atoms with Gasteiger partial charge in [-0.15, -0.1) is 0 Å². The van der Waals surface area contributed by atoms with Gasteiger partial charge in [-0.1, -0.05) is 18.2 Å². The molecule has 1 aliphatic rings. The van der Waals surface area contributed by atoms with Crippen LogP contribution in [0.1, 0.15) is 32.1 Å². The molecule has 3 aromatic rings. The molecule has 31 heavy (non-hydrogen) atoms. The topological polar surface area (TPSA) is 131 Å². The highest BCUT2D eigenvalue weighted by Gasteiger charge is 2.28. The third-order valence-electron chi connectivity index (χ3n) is 5.73. The van der Waals surface area contributed by atoms with E-state index in [1.54, 1.807) is 24.3 Å². The van der Waals surface area contributed by atoms with Crippen molar-refractivity contribution >= 4 is 32.4 Å². The van der Waals surface area contributed by atoms with Crippen molar-refractivity contribution in [2.24, 2.45) is 5.92 Å². The zero-order chi connectivity index (χ0) is 22.0. The SMILES string of the molecule is N#CCC1CCC(Nc2c([N+](=O)[O-])cnc3c2ccn3S(=O)(=O)c2ccccc2)CC1. The number of hydrogen-bond donors (Lipinski definition) is 1. The van der Waals surface area contributed by atoms with Gasteiger partial charge in [0.1, 0.15) is 11.9 Å². The first kappa shape index (κ1) is 20.8. The Morgan fingerprint density at radius 3 is 2.55 bits per heavy atom. The number of fused-ring (bicyclic) bond motifs is 1. The smallest absolute Gasteiger partial charge is 0.311 e. The van der Waals surface area contributed by atoms with Crippen molar-refractivity contribution in [3.63, 3.8) is 0 Å². The van der Waals surface area contributed by atoms with Crippen LogP contribution in [0, 0.1) is 27.4 Å². The molecule has 2 aromatic heterocycles. The van der Waals surface area contributed by atoms with Gasteiger partial charge in [-0.05, 0) is 49.8 Å². The lowest BCUT2D eigenvalue weighted by atomic mass is 9.84. The lowest BCUT2D eigenvalue weighted by molar-refractivity contribution is -0.384. The quantitative estimate of drug-likeness (QED) is 0.452. The summed E-state index contributed by atoms with van der Waals surface area (Å²) in [4.78, 5) is 15.3. The molecule has 1 saturated carbocycles. The second kappa shape index (κ2) is 8.35. The van der Waals surface area contributed by atoms with Gasteiger partial charge in [0.05, 0.1) is 21.3 Å². The fourth-order valence-corrected chi connectivity index (χ4v) is 5.41. The zero-order valence-electron chi connectivity index (χ0n) is 16.6. The number of anilines is 1. The molecule has 0 atom stereocenters. The molecular weight excluding hydrogens is 418 g/mol. The Morgan fingerprint density at radius 1 is 1.19 bits per heavy atom. The van der Waals surface area contributed by atoms with Crippen molar-refractivity contribution in [3.8, 4) is 6.07 Å². The minimum absolute atomic E-state index is 0.00771. The number of nitrogens with zero attached hydrogens (tertiary/aromatic N) is 4. The number of rotatable bonds is 6. The van der Waals surface area contributed by atoms with Gasteiger partial charge in [0, 0.05) is 18.7 Å². The number of nitrogens with one attached hydrogen (secondary N) is 1. The Hall–Kier alpha value is -3.45. The summed E-state index contributed by atoms with van der Waals surface area (Å²) < 4.78 is 27.2. The zero-order valence-corrected chi connectivity index (χ0v) is 17.5. The van der Waals surface area contributed by atoms with Crippen LogP contribution in [-0.2, 0) is 10.0 Å². The molecule has 9 nitrogen and oxygen atoms in total. The lowest BCUT2D eigenvalue weighted by Crippen LogP contribution is -2.26. The predicted octanol–water partition coefficient (Wildman–Crippen LogP) is 4.07. The molecule has 0 aliphatic heterocycles. The second-order valence-corrected chi connectivity index (χ2v) is 9.48. The Bertz CT molecular complexity index is 1260. The highest BCUT2D eigenvalue weighted by molar-refractivity contribution is 7.90. The van der Waals surface area contributed by atoms with E-state index in [1.807, 2.05) is 0 Å². The predicted molar refractivity (Wildman–Crippen MR) is 115 cm³/mol. The summed E-state index contributed by atoms with van der Waals surface area (Å²) in [5, 5.41) is 24.2. The molecular formula is C21H21N5O4S. The van der Waals surface area contributed by atoms with Crippen molar-refractivity contribution in [1.29, 1.82) is 5.26 Å². The van der Waals surface area contributed by atoms with E-state index in [1.165, 1.54) is 18.3 Å². The summed E-state index contributed by atoms with van der Waals surface area (Å²) in [6.45, 7) is 0. The van der Waals surface area contributed by atoms with Crippen molar-refractivity contribution in [2.45, 2.75) is 43.0 Å².